The van der Waals surface area contributed by atoms with Gasteiger partial charge in [0.25, 0.3) is 11.7 Å². The molecule has 0 unspecified atom stereocenters. The summed E-state index contributed by atoms with van der Waals surface area (Å²) in [6.07, 6.45) is -0.208. The van der Waals surface area contributed by atoms with Gasteiger partial charge in [-0.1, -0.05) is 0 Å². The Labute approximate surface area is 119 Å². The first-order chi connectivity index (χ1) is 9.94. The van der Waals surface area contributed by atoms with E-state index in [0.29, 0.717) is 0 Å². The number of hydrogen-bond acceptors (Lipinski definition) is 6. The highest BCUT2D eigenvalue weighted by molar-refractivity contribution is 5.73. The lowest BCUT2D eigenvalue weighted by Gasteiger charge is -2.35. The van der Waals surface area contributed by atoms with Crippen molar-refractivity contribution in [1.29, 1.82) is 0 Å². The predicted molar refractivity (Wildman–Crippen MR) is 71.2 cm³/mol. The van der Waals surface area contributed by atoms with Crippen LogP contribution in [0.3, 0.4) is 0 Å². The lowest BCUT2D eigenvalue weighted by Crippen LogP contribution is -2.45. The zero-order valence-electron chi connectivity index (χ0n) is 11.3. The summed E-state index contributed by atoms with van der Waals surface area (Å²) >= 11 is 0. The van der Waals surface area contributed by atoms with Gasteiger partial charge in [0.05, 0.1) is 30.2 Å². The molecule has 1 aromatic carbocycles. The largest absolute Gasteiger partial charge is 0.465 e. The van der Waals surface area contributed by atoms with E-state index in [-0.39, 0.29) is 42.5 Å². The highest BCUT2D eigenvalue weighted by Gasteiger charge is 2.53. The molecule has 0 amide bonds. The average Bonchev–Trinajstić information content (AvgIpc) is 2.76. The lowest BCUT2D eigenvalue weighted by atomic mass is 9.78. The minimum atomic E-state index is -1.07. The first-order valence-electron chi connectivity index (χ1n) is 6.48. The summed E-state index contributed by atoms with van der Waals surface area (Å²) in [6.45, 7) is 2.18. The van der Waals surface area contributed by atoms with Crippen molar-refractivity contribution >= 4 is 11.7 Å². The first-order valence-corrected chi connectivity index (χ1v) is 6.48. The van der Waals surface area contributed by atoms with Gasteiger partial charge in [0.15, 0.2) is 0 Å². The molecule has 1 aromatic rings. The zero-order chi connectivity index (χ0) is 15.2. The number of halogens is 1. The van der Waals surface area contributed by atoms with Gasteiger partial charge in [-0.3, -0.25) is 10.1 Å². The van der Waals surface area contributed by atoms with Crippen LogP contribution in [-0.2, 0) is 15.0 Å². The van der Waals surface area contributed by atoms with E-state index < -0.39 is 16.3 Å². The second kappa shape index (κ2) is 4.66. The molecular formula is C13H14FN3O4. The molecule has 2 N–H and O–H groups in total. The van der Waals surface area contributed by atoms with Crippen molar-refractivity contribution in [3.8, 4) is 0 Å². The quantitative estimate of drug-likeness (QED) is 0.655. The van der Waals surface area contributed by atoms with Gasteiger partial charge in [-0.05, 0) is 13.0 Å². The number of rotatable bonds is 2. The fourth-order valence-electron chi connectivity index (χ4n) is 2.96. The topological polar surface area (TPSA) is 100.0 Å². The van der Waals surface area contributed by atoms with Gasteiger partial charge in [-0.2, -0.15) is 0 Å². The molecular weight excluding hydrogens is 281 g/mol. The second-order valence-corrected chi connectivity index (χ2v) is 5.23. The van der Waals surface area contributed by atoms with Crippen molar-refractivity contribution in [2.75, 3.05) is 13.2 Å². The Balaban J connectivity index is 2.18. The molecule has 21 heavy (non-hydrogen) atoms. The van der Waals surface area contributed by atoms with Gasteiger partial charge in [0.1, 0.15) is 11.4 Å². The number of benzene rings is 1. The Morgan fingerprint density at radius 1 is 1.57 bits per heavy atom. The van der Waals surface area contributed by atoms with Crippen LogP contribution in [0.5, 0.6) is 0 Å². The second-order valence-electron chi connectivity index (χ2n) is 5.23. The normalized spacial score (nSPS) is 31.2. The van der Waals surface area contributed by atoms with E-state index in [1.54, 1.807) is 0 Å². The van der Waals surface area contributed by atoms with Gasteiger partial charge in [0.2, 0.25) is 0 Å². The molecule has 2 heterocycles. The maximum absolute atomic E-state index is 14.3. The van der Waals surface area contributed by atoms with Crippen LogP contribution in [0.2, 0.25) is 0 Å². The molecule has 0 spiro atoms. The fraction of sp³-hybridized carbons (Fsp3) is 0.462. The Hall–Kier alpha value is -2.22. The maximum Gasteiger partial charge on any atom is 0.282 e. The molecule has 2 aliphatic heterocycles. The number of hydrogen-bond donors (Lipinski definition) is 1. The number of nitrogens with two attached hydrogens (primary N) is 1. The fourth-order valence-corrected chi connectivity index (χ4v) is 2.96. The molecule has 1 fully saturated rings. The minimum absolute atomic E-state index is 0.0603. The third-order valence-electron chi connectivity index (χ3n) is 4.09. The van der Waals surface area contributed by atoms with Crippen molar-refractivity contribution < 1.29 is 18.8 Å². The summed E-state index contributed by atoms with van der Waals surface area (Å²) in [5.41, 5.74) is 4.48. The summed E-state index contributed by atoms with van der Waals surface area (Å²) in [5.74, 6) is -0.817. The lowest BCUT2D eigenvalue weighted by molar-refractivity contribution is -0.385. The van der Waals surface area contributed by atoms with Crippen LogP contribution in [0.15, 0.2) is 23.2 Å². The highest BCUT2D eigenvalue weighted by Crippen LogP contribution is 2.46. The maximum atomic E-state index is 14.3. The Bertz CT molecular complexity index is 636. The predicted octanol–water partition coefficient (Wildman–Crippen LogP) is 1.31. The van der Waals surface area contributed by atoms with Crippen LogP contribution in [0, 0.1) is 21.8 Å². The molecule has 0 saturated carbocycles. The van der Waals surface area contributed by atoms with E-state index in [0.717, 1.165) is 12.1 Å². The van der Waals surface area contributed by atoms with Crippen molar-refractivity contribution in [2.45, 2.75) is 18.6 Å². The molecule has 0 aromatic heterocycles. The molecule has 1 saturated heterocycles. The van der Waals surface area contributed by atoms with Gasteiger partial charge in [0, 0.05) is 17.7 Å². The summed E-state index contributed by atoms with van der Waals surface area (Å²) in [7, 11) is 0. The summed E-state index contributed by atoms with van der Waals surface area (Å²) in [4.78, 5) is 14.6. The third-order valence-corrected chi connectivity index (χ3v) is 4.09. The first kappa shape index (κ1) is 13.7. The number of nitro benzene ring substituents is 1. The molecule has 0 bridgehead atoms. The van der Waals surface area contributed by atoms with Crippen LogP contribution in [-0.4, -0.2) is 30.3 Å². The average molecular weight is 295 g/mol. The van der Waals surface area contributed by atoms with Crippen LogP contribution < -0.4 is 5.73 Å². The van der Waals surface area contributed by atoms with Gasteiger partial charge in [-0.25, -0.2) is 9.38 Å². The van der Waals surface area contributed by atoms with E-state index in [9.17, 15) is 14.5 Å². The van der Waals surface area contributed by atoms with E-state index in [1.807, 2.05) is 6.92 Å². The third kappa shape index (κ3) is 2.02. The number of non-ortho nitro benzene ring substituents is 1. The molecule has 3 atom stereocenters. The van der Waals surface area contributed by atoms with E-state index in [1.165, 1.54) is 6.07 Å². The number of nitro groups is 1. The molecule has 0 aliphatic carbocycles. The van der Waals surface area contributed by atoms with Crippen molar-refractivity contribution in [2.24, 2.45) is 16.6 Å². The molecule has 0 radical (unpaired) electrons. The minimum Gasteiger partial charge on any atom is -0.465 e. The Morgan fingerprint density at radius 2 is 2.33 bits per heavy atom. The number of nitrogens with zero attached hydrogens (tertiary/aromatic N) is 2. The molecule has 7 nitrogen and oxygen atoms in total. The van der Waals surface area contributed by atoms with E-state index in [4.69, 9.17) is 15.2 Å². The monoisotopic (exact) mass is 295 g/mol. The molecule has 8 heteroatoms. The van der Waals surface area contributed by atoms with E-state index in [2.05, 4.69) is 4.99 Å². The van der Waals surface area contributed by atoms with Gasteiger partial charge < -0.3 is 15.2 Å². The van der Waals surface area contributed by atoms with Crippen LogP contribution in [0.25, 0.3) is 0 Å². The standard InChI is InChI=1S/C13H14FN3O4/c1-7-10-5-20-12(15)16-13(10,6-21-7)9-4-8(17(18)19)2-3-11(9)14/h2-4,7,10H,5-6H2,1H3,(H2,15,16)/t7-,10-,13-/m1/s1. The summed E-state index contributed by atoms with van der Waals surface area (Å²) in [6, 6.07) is 3.33. The summed E-state index contributed by atoms with van der Waals surface area (Å²) < 4.78 is 25.1. The Morgan fingerprint density at radius 3 is 3.05 bits per heavy atom. The Kier molecular flexibility index (Phi) is 3.05. The molecule has 2 aliphatic rings. The van der Waals surface area contributed by atoms with Crippen LogP contribution in [0.1, 0.15) is 12.5 Å². The summed E-state index contributed by atoms with van der Waals surface area (Å²) in [5, 5.41) is 10.9. The molecule has 112 valence electrons. The molecule has 3 rings (SSSR count). The number of ether oxygens (including phenoxy) is 2. The van der Waals surface area contributed by atoms with Crippen molar-refractivity contribution in [3.63, 3.8) is 0 Å². The number of amidine groups is 1. The van der Waals surface area contributed by atoms with Gasteiger partial charge >= 0.3 is 0 Å². The SMILES string of the molecule is C[C@H]1OC[C@]2(c3cc([N+](=O)[O-])ccc3F)N=C(N)OC[C@H]12. The number of aliphatic imine (C=N–C) groups is 1. The van der Waals surface area contributed by atoms with E-state index >= 15 is 0 Å². The smallest absolute Gasteiger partial charge is 0.282 e. The van der Waals surface area contributed by atoms with Crippen LogP contribution in [0.4, 0.5) is 10.1 Å². The van der Waals surface area contributed by atoms with Crippen molar-refractivity contribution in [1.82, 2.24) is 0 Å². The highest BCUT2D eigenvalue weighted by atomic mass is 19.1. The zero-order valence-corrected chi connectivity index (χ0v) is 11.3. The van der Waals surface area contributed by atoms with Crippen molar-refractivity contribution in [3.05, 3.63) is 39.7 Å². The van der Waals surface area contributed by atoms with Crippen LogP contribution >= 0.6 is 0 Å². The number of fused-ring (bicyclic) bond motifs is 1. The van der Waals surface area contributed by atoms with Gasteiger partial charge in [-0.15, -0.1) is 0 Å².